The van der Waals surface area contributed by atoms with Gasteiger partial charge in [0.05, 0.1) is 0 Å². The number of pyridine rings is 1. The van der Waals surface area contributed by atoms with Gasteiger partial charge in [0.25, 0.3) is 0 Å². The largest absolute Gasteiger partial charge is 0.293 e. The van der Waals surface area contributed by atoms with Gasteiger partial charge < -0.3 is 0 Å². The highest BCUT2D eigenvalue weighted by molar-refractivity contribution is 6.29. The van der Waals surface area contributed by atoms with Crippen LogP contribution in [0.4, 0.5) is 0 Å². The molecule has 1 atom stereocenters. The molecule has 0 N–H and O–H groups in total. The Labute approximate surface area is 104 Å². The molecule has 0 fully saturated rings. The molecule has 0 spiro atoms. The van der Waals surface area contributed by atoms with Gasteiger partial charge >= 0.3 is 0 Å². The number of carbonyl (C=O) groups is 2. The number of nitrogens with zero attached hydrogens (tertiary/aromatic N) is 1. The number of hydrogen-bond acceptors (Lipinski definition) is 3. The van der Waals surface area contributed by atoms with E-state index in [1.54, 1.807) is 36.7 Å². The Morgan fingerprint density at radius 1 is 0.944 bits per heavy atom. The molecule has 0 saturated heterocycles. The van der Waals surface area contributed by atoms with Crippen molar-refractivity contribution in [2.24, 2.45) is 0 Å². The molecule has 1 aliphatic carbocycles. The van der Waals surface area contributed by atoms with Crippen LogP contribution in [0.25, 0.3) is 0 Å². The van der Waals surface area contributed by atoms with Crippen molar-refractivity contribution in [3.05, 3.63) is 65.0 Å². The number of rotatable bonds is 1. The maximum Gasteiger partial charge on any atom is 0.178 e. The molecule has 0 aliphatic heterocycles. The lowest BCUT2D eigenvalue weighted by atomic mass is 9.95. The van der Waals surface area contributed by atoms with Crippen molar-refractivity contribution in [1.82, 2.24) is 4.98 Å². The van der Waals surface area contributed by atoms with Gasteiger partial charge in [-0.3, -0.25) is 14.6 Å². The minimum absolute atomic E-state index is 0.107. The summed E-state index contributed by atoms with van der Waals surface area (Å²) in [7, 11) is 0. The lowest BCUT2D eigenvalue weighted by molar-refractivity contribution is 0.0890. The topological polar surface area (TPSA) is 47.0 Å². The van der Waals surface area contributed by atoms with Crippen LogP contribution in [0.15, 0.2) is 42.7 Å². The maximum absolute atomic E-state index is 12.3. The highest BCUT2D eigenvalue weighted by Crippen LogP contribution is 2.34. The first-order chi connectivity index (χ1) is 8.68. The molecule has 1 heterocycles. The average Bonchev–Trinajstić information content (AvgIpc) is 2.63. The fourth-order valence-corrected chi connectivity index (χ4v) is 2.37. The van der Waals surface area contributed by atoms with Crippen molar-refractivity contribution >= 4 is 11.6 Å². The molecule has 0 radical (unpaired) electrons. The smallest absolute Gasteiger partial charge is 0.178 e. The molecule has 0 bridgehead atoms. The average molecular weight is 237 g/mol. The van der Waals surface area contributed by atoms with Crippen LogP contribution in [0.5, 0.6) is 0 Å². The zero-order valence-electron chi connectivity index (χ0n) is 9.88. The third-order valence-corrected chi connectivity index (χ3v) is 3.27. The SMILES string of the molecule is Cc1ccc2c(c1)C(=O)C(c1ccncc1)C2=O. The normalized spacial score (nSPS) is 17.9. The molecule has 3 rings (SSSR count). The summed E-state index contributed by atoms with van der Waals surface area (Å²) < 4.78 is 0. The first-order valence-corrected chi connectivity index (χ1v) is 5.77. The van der Waals surface area contributed by atoms with E-state index in [1.165, 1.54) is 0 Å². The van der Waals surface area contributed by atoms with Crippen LogP contribution in [0, 0.1) is 6.92 Å². The molecule has 3 nitrogen and oxygen atoms in total. The Hall–Kier alpha value is -2.29. The van der Waals surface area contributed by atoms with E-state index >= 15 is 0 Å². The van der Waals surface area contributed by atoms with E-state index in [1.807, 2.05) is 13.0 Å². The number of aryl methyl sites for hydroxylation is 1. The van der Waals surface area contributed by atoms with Crippen LogP contribution in [-0.4, -0.2) is 16.6 Å². The van der Waals surface area contributed by atoms with Crippen LogP contribution in [0.3, 0.4) is 0 Å². The van der Waals surface area contributed by atoms with Gasteiger partial charge in [-0.25, -0.2) is 0 Å². The van der Waals surface area contributed by atoms with E-state index in [4.69, 9.17) is 0 Å². The van der Waals surface area contributed by atoms with Gasteiger partial charge in [0, 0.05) is 23.5 Å². The summed E-state index contributed by atoms with van der Waals surface area (Å²) in [4.78, 5) is 28.5. The number of aromatic nitrogens is 1. The summed E-state index contributed by atoms with van der Waals surface area (Å²) in [6.45, 7) is 1.91. The van der Waals surface area contributed by atoms with Crippen LogP contribution in [0.2, 0.25) is 0 Å². The van der Waals surface area contributed by atoms with Gasteiger partial charge in [0.1, 0.15) is 5.92 Å². The summed E-state index contributed by atoms with van der Waals surface area (Å²) >= 11 is 0. The van der Waals surface area contributed by atoms with Gasteiger partial charge in [-0.1, -0.05) is 17.7 Å². The van der Waals surface area contributed by atoms with E-state index in [-0.39, 0.29) is 11.6 Å². The first kappa shape index (κ1) is 10.8. The molecule has 0 amide bonds. The lowest BCUT2D eigenvalue weighted by Gasteiger charge is -2.05. The summed E-state index contributed by atoms with van der Waals surface area (Å²) in [6, 6.07) is 8.83. The summed E-state index contributed by atoms with van der Waals surface area (Å²) in [5.74, 6) is -0.907. The Kier molecular flexibility index (Phi) is 2.33. The van der Waals surface area contributed by atoms with E-state index in [0.29, 0.717) is 16.7 Å². The molecule has 3 heteroatoms. The predicted molar refractivity (Wildman–Crippen MR) is 66.8 cm³/mol. The molecule has 1 aliphatic rings. The van der Waals surface area contributed by atoms with Crippen molar-refractivity contribution < 1.29 is 9.59 Å². The zero-order chi connectivity index (χ0) is 12.7. The van der Waals surface area contributed by atoms with Gasteiger partial charge in [-0.15, -0.1) is 0 Å². The van der Waals surface area contributed by atoms with Gasteiger partial charge in [-0.05, 0) is 30.7 Å². The minimum Gasteiger partial charge on any atom is -0.293 e. The van der Waals surface area contributed by atoms with Crippen LogP contribution in [0.1, 0.15) is 37.8 Å². The molecule has 1 unspecified atom stereocenters. The second-order valence-electron chi connectivity index (χ2n) is 4.49. The minimum atomic E-state index is -0.690. The zero-order valence-corrected chi connectivity index (χ0v) is 9.88. The fourth-order valence-electron chi connectivity index (χ4n) is 2.37. The molecule has 1 aromatic carbocycles. The van der Waals surface area contributed by atoms with Crippen LogP contribution in [-0.2, 0) is 0 Å². The first-order valence-electron chi connectivity index (χ1n) is 5.77. The van der Waals surface area contributed by atoms with Gasteiger partial charge in [0.2, 0.25) is 0 Å². The number of hydrogen-bond donors (Lipinski definition) is 0. The highest BCUT2D eigenvalue weighted by atomic mass is 16.2. The Morgan fingerprint density at radius 2 is 1.61 bits per heavy atom. The van der Waals surface area contributed by atoms with Crippen molar-refractivity contribution in [2.45, 2.75) is 12.8 Å². The molecule has 1 aromatic heterocycles. The number of fused-ring (bicyclic) bond motifs is 1. The summed E-state index contributed by atoms with van der Waals surface area (Å²) in [5, 5.41) is 0. The van der Waals surface area contributed by atoms with Crippen LogP contribution < -0.4 is 0 Å². The number of benzene rings is 1. The maximum atomic E-state index is 12.3. The van der Waals surface area contributed by atoms with Crippen molar-refractivity contribution in [3.63, 3.8) is 0 Å². The van der Waals surface area contributed by atoms with E-state index in [0.717, 1.165) is 5.56 Å². The molecule has 2 aromatic rings. The van der Waals surface area contributed by atoms with Crippen molar-refractivity contribution in [1.29, 1.82) is 0 Å². The molecule has 18 heavy (non-hydrogen) atoms. The van der Waals surface area contributed by atoms with E-state index in [2.05, 4.69) is 4.98 Å². The van der Waals surface area contributed by atoms with Crippen LogP contribution >= 0.6 is 0 Å². The van der Waals surface area contributed by atoms with E-state index < -0.39 is 5.92 Å². The molecular formula is C15H11NO2. The van der Waals surface area contributed by atoms with E-state index in [9.17, 15) is 9.59 Å². The molecular weight excluding hydrogens is 226 g/mol. The predicted octanol–water partition coefficient (Wildman–Crippen LogP) is 2.55. The van der Waals surface area contributed by atoms with Crippen molar-refractivity contribution in [2.75, 3.05) is 0 Å². The third-order valence-electron chi connectivity index (χ3n) is 3.27. The standard InChI is InChI=1S/C15H11NO2/c1-9-2-3-11-12(8-9)15(18)13(14(11)17)10-4-6-16-7-5-10/h2-8,13H,1H3. The molecule has 88 valence electrons. The highest BCUT2D eigenvalue weighted by Gasteiger charge is 2.39. The monoisotopic (exact) mass is 237 g/mol. The number of carbonyl (C=O) groups excluding carboxylic acids is 2. The Bertz CT molecular complexity index is 647. The van der Waals surface area contributed by atoms with Crippen molar-refractivity contribution in [3.8, 4) is 0 Å². The summed E-state index contributed by atoms with van der Waals surface area (Å²) in [6.07, 6.45) is 3.20. The van der Waals surface area contributed by atoms with Gasteiger partial charge in [0.15, 0.2) is 11.6 Å². The second-order valence-corrected chi connectivity index (χ2v) is 4.49. The van der Waals surface area contributed by atoms with Gasteiger partial charge in [-0.2, -0.15) is 0 Å². The fraction of sp³-hybridized carbons (Fsp3) is 0.133. The Balaban J connectivity index is 2.13. The number of ketones is 2. The quantitative estimate of drug-likeness (QED) is 0.716. The lowest BCUT2D eigenvalue weighted by Crippen LogP contribution is -2.12. The Morgan fingerprint density at radius 3 is 2.33 bits per heavy atom. The summed E-state index contributed by atoms with van der Waals surface area (Å²) in [5.41, 5.74) is 2.79. The molecule has 0 saturated carbocycles. The number of Topliss-reactive ketones (excluding diaryl/α,β-unsaturated/α-hetero) is 2. The second kappa shape index (κ2) is 3.88. The third kappa shape index (κ3) is 1.48.